The quantitative estimate of drug-likeness (QED) is 0.574. The van der Waals surface area contributed by atoms with E-state index < -0.39 is 0 Å². The molecule has 3 heterocycles. The molecule has 2 aromatic rings. The van der Waals surface area contributed by atoms with Crippen molar-refractivity contribution in [3.63, 3.8) is 0 Å². The summed E-state index contributed by atoms with van der Waals surface area (Å²) in [6, 6.07) is 9.88. The number of allylic oxidation sites excluding steroid dienone is 1. The van der Waals surface area contributed by atoms with Crippen molar-refractivity contribution in [3.05, 3.63) is 59.4 Å². The third kappa shape index (κ3) is 4.03. The Labute approximate surface area is 164 Å². The molecule has 1 amide bonds. The molecule has 0 saturated heterocycles. The fourth-order valence-electron chi connectivity index (χ4n) is 3.32. The molecular weight excluding hydrogens is 354 g/mol. The molecule has 0 radical (unpaired) electrons. The number of nitrogens with zero attached hydrogens (tertiary/aromatic N) is 5. The van der Waals surface area contributed by atoms with Crippen LogP contribution in [-0.4, -0.2) is 52.1 Å². The first-order chi connectivity index (χ1) is 13.7. The average molecular weight is 377 g/mol. The summed E-state index contributed by atoms with van der Waals surface area (Å²) in [6.07, 6.45) is 7.34. The molecular formula is C21H23N5O2. The fourth-order valence-corrected chi connectivity index (χ4v) is 3.32. The van der Waals surface area contributed by atoms with E-state index in [0.717, 1.165) is 42.1 Å². The molecule has 1 aromatic carbocycles. The van der Waals surface area contributed by atoms with Crippen LogP contribution < -0.4 is 0 Å². The first-order valence-corrected chi connectivity index (χ1v) is 9.48. The maximum absolute atomic E-state index is 12.9. The molecule has 7 nitrogen and oxygen atoms in total. The van der Waals surface area contributed by atoms with Gasteiger partial charge in [-0.05, 0) is 18.9 Å². The van der Waals surface area contributed by atoms with Gasteiger partial charge in [0.2, 0.25) is 0 Å². The lowest BCUT2D eigenvalue weighted by Gasteiger charge is -2.25. The zero-order chi connectivity index (χ0) is 19.3. The Morgan fingerprint density at radius 1 is 1.29 bits per heavy atom. The molecule has 0 unspecified atom stereocenters. The van der Waals surface area contributed by atoms with E-state index in [2.05, 4.69) is 21.3 Å². The third-order valence-corrected chi connectivity index (χ3v) is 4.74. The number of dihydropyridines is 1. The highest BCUT2D eigenvalue weighted by molar-refractivity contribution is 6.04. The van der Waals surface area contributed by atoms with Crippen molar-refractivity contribution in [2.75, 3.05) is 19.6 Å². The van der Waals surface area contributed by atoms with Crippen molar-refractivity contribution >= 4 is 23.5 Å². The minimum atomic E-state index is -0.0153. The molecule has 0 atom stereocenters. The van der Waals surface area contributed by atoms with Crippen LogP contribution in [0.25, 0.3) is 5.70 Å². The first-order valence-electron chi connectivity index (χ1n) is 9.48. The van der Waals surface area contributed by atoms with Gasteiger partial charge in [0.25, 0.3) is 5.91 Å². The second-order valence-corrected chi connectivity index (χ2v) is 6.95. The SMILES string of the molecule is C/C(CN1CCc2nn(C3=CCCN=C3)cc2C1=O)=N\OCc1ccccc1. The van der Waals surface area contributed by atoms with Crippen LogP contribution in [0.4, 0.5) is 0 Å². The van der Waals surface area contributed by atoms with Gasteiger partial charge in [-0.1, -0.05) is 41.6 Å². The first kappa shape index (κ1) is 18.2. The van der Waals surface area contributed by atoms with E-state index in [9.17, 15) is 4.79 Å². The van der Waals surface area contributed by atoms with Crippen molar-refractivity contribution in [1.82, 2.24) is 14.7 Å². The summed E-state index contributed by atoms with van der Waals surface area (Å²) in [5, 5.41) is 8.73. The molecule has 0 fully saturated rings. The van der Waals surface area contributed by atoms with E-state index in [1.165, 1.54) is 0 Å². The van der Waals surface area contributed by atoms with Gasteiger partial charge in [0, 0.05) is 31.9 Å². The maximum Gasteiger partial charge on any atom is 0.257 e. The number of hydrogen-bond donors (Lipinski definition) is 0. The van der Waals surface area contributed by atoms with Crippen LogP contribution in [0.3, 0.4) is 0 Å². The second-order valence-electron chi connectivity index (χ2n) is 6.95. The van der Waals surface area contributed by atoms with Gasteiger partial charge in [-0.3, -0.25) is 9.79 Å². The summed E-state index contributed by atoms with van der Waals surface area (Å²) in [4.78, 5) is 24.4. The van der Waals surface area contributed by atoms with Gasteiger partial charge in [0.05, 0.1) is 29.2 Å². The predicted molar refractivity (Wildman–Crippen MR) is 108 cm³/mol. The molecule has 0 saturated carbocycles. The van der Waals surface area contributed by atoms with E-state index >= 15 is 0 Å². The fraction of sp³-hybridized carbons (Fsp3) is 0.333. The van der Waals surface area contributed by atoms with E-state index in [4.69, 9.17) is 4.84 Å². The van der Waals surface area contributed by atoms with Gasteiger partial charge in [-0.2, -0.15) is 5.10 Å². The third-order valence-electron chi connectivity index (χ3n) is 4.74. The molecule has 0 bridgehead atoms. The zero-order valence-electron chi connectivity index (χ0n) is 15.9. The zero-order valence-corrected chi connectivity index (χ0v) is 15.9. The van der Waals surface area contributed by atoms with Crippen LogP contribution in [0.2, 0.25) is 0 Å². The van der Waals surface area contributed by atoms with Crippen molar-refractivity contribution in [1.29, 1.82) is 0 Å². The number of hydrogen-bond acceptors (Lipinski definition) is 5. The molecule has 144 valence electrons. The molecule has 0 N–H and O–H groups in total. The lowest BCUT2D eigenvalue weighted by atomic mass is 10.1. The van der Waals surface area contributed by atoms with Gasteiger partial charge in [-0.25, -0.2) is 4.68 Å². The average Bonchev–Trinajstić information content (AvgIpc) is 3.17. The standard InChI is InChI=1S/C21H23N5O2/c1-16(24-28-15-17-6-3-2-4-7-17)13-25-11-9-20-19(21(25)27)14-26(23-20)18-8-5-10-22-12-18/h2-4,6-8,12,14H,5,9-11,13,15H2,1H3/b24-16+. The lowest BCUT2D eigenvalue weighted by molar-refractivity contribution is 0.0759. The molecule has 28 heavy (non-hydrogen) atoms. The van der Waals surface area contributed by atoms with Crippen molar-refractivity contribution in [2.45, 2.75) is 26.4 Å². The predicted octanol–water partition coefficient (Wildman–Crippen LogP) is 2.79. The number of aliphatic imine (C=N–C) groups is 1. The van der Waals surface area contributed by atoms with Crippen LogP contribution in [0.5, 0.6) is 0 Å². The molecule has 0 spiro atoms. The number of carbonyl (C=O) groups is 1. The van der Waals surface area contributed by atoms with E-state index in [1.54, 1.807) is 9.58 Å². The number of fused-ring (bicyclic) bond motifs is 1. The lowest BCUT2D eigenvalue weighted by Crippen LogP contribution is -2.40. The number of aromatic nitrogens is 2. The van der Waals surface area contributed by atoms with Crippen molar-refractivity contribution in [2.24, 2.45) is 10.1 Å². The largest absolute Gasteiger partial charge is 0.391 e. The molecule has 0 aliphatic carbocycles. The van der Waals surface area contributed by atoms with Gasteiger partial charge < -0.3 is 9.74 Å². The summed E-state index contributed by atoms with van der Waals surface area (Å²) in [7, 11) is 0. The normalized spacial score (nSPS) is 16.8. The maximum atomic E-state index is 12.9. The van der Waals surface area contributed by atoms with Gasteiger partial charge in [0.1, 0.15) is 6.61 Å². The van der Waals surface area contributed by atoms with Crippen LogP contribution in [0, 0.1) is 0 Å². The van der Waals surface area contributed by atoms with Gasteiger partial charge in [-0.15, -0.1) is 0 Å². The Balaban J connectivity index is 1.38. The number of oxime groups is 1. The molecule has 2 aliphatic heterocycles. The Kier molecular flexibility index (Phi) is 5.32. The molecule has 2 aliphatic rings. The minimum absolute atomic E-state index is 0.0153. The molecule has 1 aromatic heterocycles. The van der Waals surface area contributed by atoms with E-state index in [0.29, 0.717) is 25.3 Å². The Hall–Kier alpha value is -3.22. The summed E-state index contributed by atoms with van der Waals surface area (Å²) in [6.45, 7) is 4.17. The number of rotatable bonds is 6. The summed E-state index contributed by atoms with van der Waals surface area (Å²) in [5.74, 6) is -0.0153. The number of benzene rings is 1. The molecule has 4 rings (SSSR count). The monoisotopic (exact) mass is 377 g/mol. The summed E-state index contributed by atoms with van der Waals surface area (Å²) in [5.41, 5.74) is 4.25. The highest BCUT2D eigenvalue weighted by atomic mass is 16.6. The Morgan fingerprint density at radius 2 is 2.14 bits per heavy atom. The van der Waals surface area contributed by atoms with Crippen LogP contribution in [0.15, 0.2) is 52.8 Å². The van der Waals surface area contributed by atoms with Crippen LogP contribution >= 0.6 is 0 Å². The van der Waals surface area contributed by atoms with Crippen LogP contribution in [-0.2, 0) is 17.9 Å². The number of carbonyl (C=O) groups excluding carboxylic acids is 1. The minimum Gasteiger partial charge on any atom is -0.391 e. The van der Waals surface area contributed by atoms with E-state index in [1.807, 2.05) is 49.7 Å². The van der Waals surface area contributed by atoms with Crippen LogP contribution in [0.1, 0.15) is 35.0 Å². The summed E-state index contributed by atoms with van der Waals surface area (Å²) < 4.78 is 1.76. The number of amides is 1. The topological polar surface area (TPSA) is 72.1 Å². The summed E-state index contributed by atoms with van der Waals surface area (Å²) >= 11 is 0. The highest BCUT2D eigenvalue weighted by Gasteiger charge is 2.28. The van der Waals surface area contributed by atoms with E-state index in [-0.39, 0.29) is 5.91 Å². The smallest absolute Gasteiger partial charge is 0.257 e. The van der Waals surface area contributed by atoms with Gasteiger partial charge >= 0.3 is 0 Å². The highest BCUT2D eigenvalue weighted by Crippen LogP contribution is 2.20. The van der Waals surface area contributed by atoms with Gasteiger partial charge in [0.15, 0.2) is 0 Å². The Bertz CT molecular complexity index is 943. The van der Waals surface area contributed by atoms with Crippen molar-refractivity contribution < 1.29 is 9.63 Å². The Morgan fingerprint density at radius 3 is 2.93 bits per heavy atom. The second kappa shape index (κ2) is 8.21. The molecule has 7 heteroatoms. The van der Waals surface area contributed by atoms with Crippen molar-refractivity contribution in [3.8, 4) is 0 Å².